The van der Waals surface area contributed by atoms with Crippen LogP contribution >= 0.6 is 0 Å². The molecule has 0 aliphatic heterocycles. The highest BCUT2D eigenvalue weighted by atomic mass is 16.5. The highest BCUT2D eigenvalue weighted by Crippen LogP contribution is 2.22. The fourth-order valence-electron chi connectivity index (χ4n) is 2.10. The van der Waals surface area contributed by atoms with E-state index >= 15 is 0 Å². The van der Waals surface area contributed by atoms with E-state index in [4.69, 9.17) is 14.2 Å². The smallest absolute Gasteiger partial charge is 0.277 e. The molecular formula is C19H22N2O4. The van der Waals surface area contributed by atoms with E-state index in [1.54, 1.807) is 31.4 Å². The molecule has 0 aliphatic carbocycles. The highest BCUT2D eigenvalue weighted by molar-refractivity contribution is 5.86. The van der Waals surface area contributed by atoms with Crippen molar-refractivity contribution in [3.05, 3.63) is 53.6 Å². The van der Waals surface area contributed by atoms with Crippen molar-refractivity contribution in [3.63, 3.8) is 0 Å². The second kappa shape index (κ2) is 9.32. The summed E-state index contributed by atoms with van der Waals surface area (Å²) in [4.78, 5) is 11.8. The largest absolute Gasteiger partial charge is 0.497 e. The van der Waals surface area contributed by atoms with Gasteiger partial charge < -0.3 is 14.2 Å². The average molecular weight is 342 g/mol. The Labute approximate surface area is 147 Å². The maximum Gasteiger partial charge on any atom is 0.277 e. The van der Waals surface area contributed by atoms with Crippen molar-refractivity contribution in [1.82, 2.24) is 5.43 Å². The molecule has 0 heterocycles. The van der Waals surface area contributed by atoms with Crippen LogP contribution in [-0.2, 0) is 4.79 Å². The molecule has 2 rings (SSSR count). The summed E-state index contributed by atoms with van der Waals surface area (Å²) in [7, 11) is 1.58. The third kappa shape index (κ3) is 5.84. The van der Waals surface area contributed by atoms with Gasteiger partial charge in [0.1, 0.15) is 17.2 Å². The minimum Gasteiger partial charge on any atom is -0.497 e. The number of benzene rings is 2. The van der Waals surface area contributed by atoms with Gasteiger partial charge in [0.25, 0.3) is 5.91 Å². The van der Waals surface area contributed by atoms with E-state index in [0.717, 1.165) is 5.56 Å². The molecule has 25 heavy (non-hydrogen) atoms. The lowest BCUT2D eigenvalue weighted by atomic mass is 10.2. The number of carbonyl (C=O) groups excluding carboxylic acids is 1. The zero-order chi connectivity index (χ0) is 18.1. The molecule has 0 unspecified atom stereocenters. The number of nitrogens with one attached hydrogen (secondary N) is 1. The van der Waals surface area contributed by atoms with Gasteiger partial charge in [-0.05, 0) is 49.7 Å². The molecule has 0 aromatic heterocycles. The first kappa shape index (κ1) is 18.3. The van der Waals surface area contributed by atoms with Gasteiger partial charge >= 0.3 is 0 Å². The number of hydrogen-bond donors (Lipinski definition) is 1. The monoisotopic (exact) mass is 342 g/mol. The molecule has 1 amide bonds. The molecule has 2 aromatic carbocycles. The first-order valence-electron chi connectivity index (χ1n) is 7.94. The minimum absolute atomic E-state index is 0.114. The molecular weight excluding hydrogens is 320 g/mol. The molecule has 0 fully saturated rings. The molecule has 0 saturated carbocycles. The lowest BCUT2D eigenvalue weighted by Crippen LogP contribution is -2.24. The lowest BCUT2D eigenvalue weighted by Gasteiger charge is -2.09. The normalized spacial score (nSPS) is 10.5. The predicted octanol–water partition coefficient (Wildman–Crippen LogP) is 2.93. The van der Waals surface area contributed by atoms with Gasteiger partial charge in [0.05, 0.1) is 19.9 Å². The summed E-state index contributed by atoms with van der Waals surface area (Å²) in [5.74, 6) is 1.64. The molecule has 6 nitrogen and oxygen atoms in total. The second-order valence-electron chi connectivity index (χ2n) is 5.24. The number of amides is 1. The Bertz CT molecular complexity index is 744. The van der Waals surface area contributed by atoms with E-state index in [0.29, 0.717) is 29.4 Å². The summed E-state index contributed by atoms with van der Waals surface area (Å²) >= 11 is 0. The quantitative estimate of drug-likeness (QED) is 0.591. The van der Waals surface area contributed by atoms with Crippen LogP contribution < -0.4 is 19.6 Å². The molecule has 0 saturated heterocycles. The number of hydrogen-bond acceptors (Lipinski definition) is 5. The topological polar surface area (TPSA) is 69.2 Å². The number of nitrogens with zero attached hydrogens (tertiary/aromatic N) is 1. The third-order valence-electron chi connectivity index (χ3n) is 3.27. The van der Waals surface area contributed by atoms with Crippen molar-refractivity contribution in [1.29, 1.82) is 0 Å². The molecule has 0 spiro atoms. The predicted molar refractivity (Wildman–Crippen MR) is 96.6 cm³/mol. The van der Waals surface area contributed by atoms with Gasteiger partial charge in [-0.25, -0.2) is 5.43 Å². The first-order valence-corrected chi connectivity index (χ1v) is 7.94. The molecule has 0 aliphatic rings. The van der Waals surface area contributed by atoms with Gasteiger partial charge in [-0.15, -0.1) is 0 Å². The standard InChI is InChI=1S/C19H22N2O4/c1-4-24-18-9-8-16(23-3)11-15(18)12-20-21-19(22)13-25-17-7-5-6-14(2)10-17/h5-12H,4,13H2,1-3H3,(H,21,22). The molecule has 0 atom stereocenters. The van der Waals surface area contributed by atoms with E-state index in [9.17, 15) is 4.79 Å². The Kier molecular flexibility index (Phi) is 6.83. The van der Waals surface area contributed by atoms with Crippen molar-refractivity contribution in [2.45, 2.75) is 13.8 Å². The average Bonchev–Trinajstić information content (AvgIpc) is 2.61. The van der Waals surface area contributed by atoms with Crippen LogP contribution in [0, 0.1) is 6.92 Å². The zero-order valence-corrected chi connectivity index (χ0v) is 14.6. The van der Waals surface area contributed by atoms with E-state index in [1.165, 1.54) is 6.21 Å². The zero-order valence-electron chi connectivity index (χ0n) is 14.6. The Morgan fingerprint density at radius 3 is 2.72 bits per heavy atom. The van der Waals surface area contributed by atoms with E-state index in [1.807, 2.05) is 32.0 Å². The van der Waals surface area contributed by atoms with Crippen LogP contribution in [0.1, 0.15) is 18.1 Å². The Morgan fingerprint density at radius 1 is 1.16 bits per heavy atom. The highest BCUT2D eigenvalue weighted by Gasteiger charge is 2.05. The third-order valence-corrected chi connectivity index (χ3v) is 3.27. The van der Waals surface area contributed by atoms with Crippen molar-refractivity contribution in [3.8, 4) is 17.2 Å². The Balaban J connectivity index is 1.92. The number of hydrazone groups is 1. The summed E-state index contributed by atoms with van der Waals surface area (Å²) < 4.78 is 16.1. The number of ether oxygens (including phenoxy) is 3. The lowest BCUT2D eigenvalue weighted by molar-refractivity contribution is -0.123. The van der Waals surface area contributed by atoms with Crippen molar-refractivity contribution >= 4 is 12.1 Å². The minimum atomic E-state index is -0.349. The Hall–Kier alpha value is -3.02. The summed E-state index contributed by atoms with van der Waals surface area (Å²) in [5, 5.41) is 3.95. The fraction of sp³-hybridized carbons (Fsp3) is 0.263. The molecule has 132 valence electrons. The number of rotatable bonds is 8. The van der Waals surface area contributed by atoms with Crippen LogP contribution in [0.5, 0.6) is 17.2 Å². The molecule has 1 N–H and O–H groups in total. The summed E-state index contributed by atoms with van der Waals surface area (Å²) in [6.07, 6.45) is 1.51. The van der Waals surface area contributed by atoms with Crippen LogP contribution in [0.25, 0.3) is 0 Å². The van der Waals surface area contributed by atoms with Crippen LogP contribution in [-0.4, -0.2) is 32.4 Å². The molecule has 0 radical (unpaired) electrons. The summed E-state index contributed by atoms with van der Waals surface area (Å²) in [5.41, 5.74) is 4.21. The maximum absolute atomic E-state index is 11.8. The van der Waals surface area contributed by atoms with Crippen LogP contribution in [0.4, 0.5) is 0 Å². The van der Waals surface area contributed by atoms with Crippen molar-refractivity contribution < 1.29 is 19.0 Å². The van der Waals surface area contributed by atoms with Gasteiger partial charge in [0, 0.05) is 5.56 Å². The van der Waals surface area contributed by atoms with Crippen molar-refractivity contribution in [2.24, 2.45) is 5.10 Å². The number of carbonyl (C=O) groups is 1. The van der Waals surface area contributed by atoms with Gasteiger partial charge in [-0.2, -0.15) is 5.10 Å². The molecule has 2 aromatic rings. The van der Waals surface area contributed by atoms with Gasteiger partial charge in [0.15, 0.2) is 6.61 Å². The van der Waals surface area contributed by atoms with Gasteiger partial charge in [-0.3, -0.25) is 4.79 Å². The first-order chi connectivity index (χ1) is 12.1. The second-order valence-corrected chi connectivity index (χ2v) is 5.24. The van der Waals surface area contributed by atoms with Crippen LogP contribution in [0.15, 0.2) is 47.6 Å². The maximum atomic E-state index is 11.8. The SMILES string of the molecule is CCOc1ccc(OC)cc1C=NNC(=O)COc1cccc(C)c1. The molecule has 6 heteroatoms. The Morgan fingerprint density at radius 2 is 2.00 bits per heavy atom. The van der Waals surface area contributed by atoms with Crippen molar-refractivity contribution in [2.75, 3.05) is 20.3 Å². The van der Waals surface area contributed by atoms with Crippen LogP contribution in [0.2, 0.25) is 0 Å². The summed E-state index contributed by atoms with van der Waals surface area (Å²) in [6, 6.07) is 12.9. The number of aryl methyl sites for hydroxylation is 1. The number of methoxy groups -OCH3 is 1. The van der Waals surface area contributed by atoms with E-state index in [-0.39, 0.29) is 12.5 Å². The van der Waals surface area contributed by atoms with Gasteiger partial charge in [0.2, 0.25) is 0 Å². The van der Waals surface area contributed by atoms with Gasteiger partial charge in [-0.1, -0.05) is 12.1 Å². The summed E-state index contributed by atoms with van der Waals surface area (Å²) in [6.45, 7) is 4.28. The van der Waals surface area contributed by atoms with E-state index < -0.39 is 0 Å². The fourth-order valence-corrected chi connectivity index (χ4v) is 2.10. The van der Waals surface area contributed by atoms with Crippen LogP contribution in [0.3, 0.4) is 0 Å². The van der Waals surface area contributed by atoms with E-state index in [2.05, 4.69) is 10.5 Å². The molecule has 0 bridgehead atoms.